The molecule has 112 valence electrons. The van der Waals surface area contributed by atoms with Gasteiger partial charge in [0.05, 0.1) is 16.4 Å². The van der Waals surface area contributed by atoms with Crippen molar-refractivity contribution in [3.8, 4) is 0 Å². The predicted molar refractivity (Wildman–Crippen MR) is 93.7 cm³/mol. The van der Waals surface area contributed by atoms with E-state index in [9.17, 15) is 4.79 Å². The Morgan fingerprint density at radius 3 is 2.65 bits per heavy atom. The molecule has 0 spiro atoms. The summed E-state index contributed by atoms with van der Waals surface area (Å²) in [6.45, 7) is 0. The largest absolute Gasteiger partial charge is 0.336 e. The molecule has 4 rings (SSSR count). The number of ketones is 1. The number of rotatable bonds is 2. The quantitative estimate of drug-likeness (QED) is 0.430. The number of carbonyl (C=O) groups is 1. The first-order valence-electron chi connectivity index (χ1n) is 6.97. The SMILES string of the molecule is N=c1sc(=S)[nH]c2c(C(=O)c3ccccc3)n3ccccc3c12. The number of benzene rings is 1. The van der Waals surface area contributed by atoms with Crippen molar-refractivity contribution >= 4 is 45.8 Å². The van der Waals surface area contributed by atoms with Crippen LogP contribution < -0.4 is 4.67 Å². The van der Waals surface area contributed by atoms with Crippen molar-refractivity contribution in [3.05, 3.63) is 74.6 Å². The highest BCUT2D eigenvalue weighted by atomic mass is 32.1. The Kier molecular flexibility index (Phi) is 3.21. The second kappa shape index (κ2) is 5.26. The van der Waals surface area contributed by atoms with Crippen LogP contribution in [0.2, 0.25) is 0 Å². The van der Waals surface area contributed by atoms with Gasteiger partial charge in [-0.15, -0.1) is 0 Å². The minimum atomic E-state index is -0.0944. The van der Waals surface area contributed by atoms with E-state index in [0.29, 0.717) is 25.4 Å². The highest BCUT2D eigenvalue weighted by molar-refractivity contribution is 7.73. The molecule has 0 aliphatic rings. The summed E-state index contributed by atoms with van der Waals surface area (Å²) >= 11 is 6.42. The summed E-state index contributed by atoms with van der Waals surface area (Å²) in [6.07, 6.45) is 1.84. The van der Waals surface area contributed by atoms with Crippen molar-refractivity contribution in [2.75, 3.05) is 0 Å². The van der Waals surface area contributed by atoms with Crippen molar-refractivity contribution in [1.82, 2.24) is 9.38 Å². The van der Waals surface area contributed by atoms with Crippen LogP contribution in [0.4, 0.5) is 0 Å². The molecule has 0 aliphatic heterocycles. The van der Waals surface area contributed by atoms with Gasteiger partial charge in [0.15, 0.2) is 3.95 Å². The molecule has 3 aromatic heterocycles. The number of nitrogens with one attached hydrogen (secondary N) is 2. The van der Waals surface area contributed by atoms with Crippen LogP contribution in [-0.4, -0.2) is 15.2 Å². The molecule has 23 heavy (non-hydrogen) atoms. The number of aromatic amines is 1. The number of hydrogen-bond donors (Lipinski definition) is 2. The van der Waals surface area contributed by atoms with E-state index >= 15 is 0 Å². The van der Waals surface area contributed by atoms with Crippen LogP contribution in [0.25, 0.3) is 16.4 Å². The summed E-state index contributed by atoms with van der Waals surface area (Å²) in [5.74, 6) is -0.0944. The molecular weight excluding hydrogens is 326 g/mol. The highest BCUT2D eigenvalue weighted by Gasteiger charge is 2.20. The van der Waals surface area contributed by atoms with Crippen LogP contribution >= 0.6 is 23.6 Å². The van der Waals surface area contributed by atoms with Gasteiger partial charge in [0, 0.05) is 11.8 Å². The summed E-state index contributed by atoms with van der Waals surface area (Å²) in [5, 5.41) is 8.98. The second-order valence-corrected chi connectivity index (χ2v) is 6.78. The third-order valence-corrected chi connectivity index (χ3v) is 4.79. The average Bonchev–Trinajstić information content (AvgIpc) is 2.89. The molecule has 3 heterocycles. The summed E-state index contributed by atoms with van der Waals surface area (Å²) in [4.78, 5) is 16.1. The molecule has 6 heteroatoms. The molecule has 4 nitrogen and oxygen atoms in total. The number of fused-ring (bicyclic) bond motifs is 3. The smallest absolute Gasteiger partial charge is 0.211 e. The topological polar surface area (TPSA) is 61.1 Å². The zero-order chi connectivity index (χ0) is 16.0. The maximum absolute atomic E-state index is 13.0. The van der Waals surface area contributed by atoms with Crippen LogP contribution in [0.3, 0.4) is 0 Å². The van der Waals surface area contributed by atoms with E-state index in [0.717, 1.165) is 10.9 Å². The Labute approximate surface area is 140 Å². The first kappa shape index (κ1) is 14.0. The monoisotopic (exact) mass is 337 g/mol. The zero-order valence-electron chi connectivity index (χ0n) is 11.9. The van der Waals surface area contributed by atoms with Gasteiger partial charge >= 0.3 is 0 Å². The van der Waals surface area contributed by atoms with E-state index in [1.165, 1.54) is 11.3 Å². The molecule has 2 N–H and O–H groups in total. The Balaban J connectivity index is 2.19. The Bertz CT molecular complexity index is 1170. The summed E-state index contributed by atoms with van der Waals surface area (Å²) in [5.41, 5.74) is 2.57. The van der Waals surface area contributed by atoms with Crippen LogP contribution in [-0.2, 0) is 0 Å². The number of carbonyl (C=O) groups excluding carboxylic acids is 1. The van der Waals surface area contributed by atoms with Crippen molar-refractivity contribution in [2.24, 2.45) is 0 Å². The predicted octanol–water partition coefficient (Wildman–Crippen LogP) is 3.92. The standard InChI is InChI=1S/C17H11N3OS2/c18-16-12-11-8-4-5-9-20(11)14(13(12)19-17(22)23-16)15(21)10-6-2-1-3-7-10/h1-9,18H,(H,19,22). The third-order valence-electron chi connectivity index (χ3n) is 3.74. The molecule has 0 atom stereocenters. The lowest BCUT2D eigenvalue weighted by atomic mass is 10.1. The van der Waals surface area contributed by atoms with Crippen molar-refractivity contribution in [2.45, 2.75) is 0 Å². The van der Waals surface area contributed by atoms with Gasteiger partial charge in [0.1, 0.15) is 10.4 Å². The van der Waals surface area contributed by atoms with Crippen LogP contribution in [0.5, 0.6) is 0 Å². The lowest BCUT2D eigenvalue weighted by Crippen LogP contribution is -2.06. The number of nitrogens with zero attached hydrogens (tertiary/aromatic N) is 1. The minimum absolute atomic E-state index is 0.0944. The van der Waals surface area contributed by atoms with Crippen molar-refractivity contribution in [3.63, 3.8) is 0 Å². The maximum atomic E-state index is 13.0. The van der Waals surface area contributed by atoms with Gasteiger partial charge in [-0.3, -0.25) is 10.2 Å². The molecule has 4 aromatic rings. The van der Waals surface area contributed by atoms with E-state index < -0.39 is 0 Å². The first-order chi connectivity index (χ1) is 11.2. The molecule has 0 saturated carbocycles. The summed E-state index contributed by atoms with van der Waals surface area (Å²) < 4.78 is 2.68. The lowest BCUT2D eigenvalue weighted by Gasteiger charge is -2.02. The highest BCUT2D eigenvalue weighted by Crippen LogP contribution is 2.25. The van der Waals surface area contributed by atoms with Gasteiger partial charge in [-0.25, -0.2) is 0 Å². The fourth-order valence-electron chi connectivity index (χ4n) is 2.78. The van der Waals surface area contributed by atoms with Gasteiger partial charge < -0.3 is 9.38 Å². The Morgan fingerprint density at radius 1 is 1.13 bits per heavy atom. The number of hydrogen-bond acceptors (Lipinski definition) is 4. The van der Waals surface area contributed by atoms with E-state index in [-0.39, 0.29) is 5.78 Å². The maximum Gasteiger partial charge on any atom is 0.211 e. The van der Waals surface area contributed by atoms with E-state index in [4.69, 9.17) is 17.6 Å². The van der Waals surface area contributed by atoms with Gasteiger partial charge in [0.25, 0.3) is 0 Å². The fourth-order valence-corrected chi connectivity index (χ4v) is 3.78. The normalized spacial score (nSPS) is 11.1. The molecule has 0 bridgehead atoms. The number of aromatic nitrogens is 2. The van der Waals surface area contributed by atoms with Crippen LogP contribution in [0.15, 0.2) is 54.7 Å². The van der Waals surface area contributed by atoms with Gasteiger partial charge in [-0.05, 0) is 24.4 Å². The molecule has 0 saturated heterocycles. The molecule has 0 amide bonds. The van der Waals surface area contributed by atoms with Crippen LogP contribution in [0.1, 0.15) is 16.1 Å². The molecule has 0 aliphatic carbocycles. The molecule has 0 radical (unpaired) electrons. The summed E-state index contributed by atoms with van der Waals surface area (Å²) in [6, 6.07) is 14.8. The van der Waals surface area contributed by atoms with E-state index in [2.05, 4.69) is 4.98 Å². The number of H-pyrrole nitrogens is 1. The Hall–Kier alpha value is -2.57. The number of pyridine rings is 1. The second-order valence-electron chi connectivity index (χ2n) is 5.09. The molecule has 0 unspecified atom stereocenters. The minimum Gasteiger partial charge on any atom is -0.336 e. The molecule has 1 aromatic carbocycles. The van der Waals surface area contributed by atoms with Crippen molar-refractivity contribution < 1.29 is 4.79 Å². The molecule has 0 fully saturated rings. The Morgan fingerprint density at radius 2 is 1.87 bits per heavy atom. The molecular formula is C17H11N3OS2. The van der Waals surface area contributed by atoms with E-state index in [1.54, 1.807) is 12.1 Å². The zero-order valence-corrected chi connectivity index (χ0v) is 13.5. The van der Waals surface area contributed by atoms with Gasteiger partial charge in [0.2, 0.25) is 5.78 Å². The fraction of sp³-hybridized carbons (Fsp3) is 0. The third kappa shape index (κ3) is 2.15. The summed E-state index contributed by atoms with van der Waals surface area (Å²) in [7, 11) is 0. The van der Waals surface area contributed by atoms with E-state index in [1.807, 2.05) is 47.0 Å². The van der Waals surface area contributed by atoms with Crippen LogP contribution in [0, 0.1) is 9.36 Å². The van der Waals surface area contributed by atoms with Gasteiger partial charge in [-0.2, -0.15) is 0 Å². The first-order valence-corrected chi connectivity index (χ1v) is 8.20. The lowest BCUT2D eigenvalue weighted by molar-refractivity contribution is 0.103. The van der Waals surface area contributed by atoms with Gasteiger partial charge in [-0.1, -0.05) is 47.7 Å². The van der Waals surface area contributed by atoms with Crippen molar-refractivity contribution in [1.29, 1.82) is 5.41 Å². The average molecular weight is 337 g/mol.